The SMILES string of the molecule is C=C1C[C@@](CC)(OC(C)C)c2cc3n(c(=O)c2CO1)Cc1cc2cc(F)c(F)cc2nc1-3. The summed E-state index contributed by atoms with van der Waals surface area (Å²) in [6, 6.07) is 5.95. The van der Waals surface area contributed by atoms with Gasteiger partial charge in [-0.2, -0.15) is 0 Å². The molecular weight excluding hydrogens is 414 g/mol. The molecule has 0 radical (unpaired) electrons. The van der Waals surface area contributed by atoms with Crippen LogP contribution in [-0.4, -0.2) is 15.7 Å². The number of aromatic nitrogens is 2. The van der Waals surface area contributed by atoms with Crippen LogP contribution in [0.5, 0.6) is 0 Å². The van der Waals surface area contributed by atoms with Crippen molar-refractivity contribution in [3.63, 3.8) is 0 Å². The number of fused-ring (bicyclic) bond motifs is 5. The predicted molar refractivity (Wildman–Crippen MR) is 117 cm³/mol. The molecule has 2 aliphatic heterocycles. The highest BCUT2D eigenvalue weighted by Gasteiger charge is 2.40. The third-order valence-corrected chi connectivity index (χ3v) is 6.33. The average molecular weight is 438 g/mol. The van der Waals surface area contributed by atoms with Gasteiger partial charge in [0.2, 0.25) is 0 Å². The van der Waals surface area contributed by atoms with E-state index in [9.17, 15) is 13.6 Å². The molecule has 0 spiro atoms. The van der Waals surface area contributed by atoms with Gasteiger partial charge in [-0.3, -0.25) is 4.79 Å². The molecule has 0 unspecified atom stereocenters. The largest absolute Gasteiger partial charge is 0.494 e. The summed E-state index contributed by atoms with van der Waals surface area (Å²) in [5, 5.41) is 0.496. The van der Waals surface area contributed by atoms with E-state index in [-0.39, 0.29) is 18.3 Å². The van der Waals surface area contributed by atoms with Crippen LogP contribution >= 0.6 is 0 Å². The summed E-state index contributed by atoms with van der Waals surface area (Å²) in [5.41, 5.74) is 2.79. The van der Waals surface area contributed by atoms with Crippen molar-refractivity contribution in [2.24, 2.45) is 0 Å². The Morgan fingerprint density at radius 1 is 1.25 bits per heavy atom. The highest BCUT2D eigenvalue weighted by Crippen LogP contribution is 2.43. The molecule has 166 valence electrons. The molecule has 3 aromatic rings. The molecule has 5 nitrogen and oxygen atoms in total. The van der Waals surface area contributed by atoms with E-state index >= 15 is 0 Å². The zero-order valence-electron chi connectivity index (χ0n) is 18.3. The predicted octanol–water partition coefficient (Wildman–Crippen LogP) is 5.17. The summed E-state index contributed by atoms with van der Waals surface area (Å²) in [5.74, 6) is -1.29. The number of hydrogen-bond acceptors (Lipinski definition) is 4. The Kier molecular flexibility index (Phi) is 4.71. The van der Waals surface area contributed by atoms with E-state index < -0.39 is 17.2 Å². The number of halogens is 2. The van der Waals surface area contributed by atoms with Crippen LogP contribution in [0.15, 0.2) is 41.4 Å². The summed E-state index contributed by atoms with van der Waals surface area (Å²) in [7, 11) is 0. The van der Waals surface area contributed by atoms with Crippen molar-refractivity contribution in [3.8, 4) is 11.4 Å². The van der Waals surface area contributed by atoms with E-state index in [2.05, 4.69) is 11.6 Å². The zero-order valence-corrected chi connectivity index (χ0v) is 18.3. The van der Waals surface area contributed by atoms with Crippen molar-refractivity contribution in [1.29, 1.82) is 0 Å². The normalized spacial score (nSPS) is 19.5. The molecular formula is C25H24F2N2O3. The fourth-order valence-corrected chi connectivity index (χ4v) is 4.91. The first kappa shape index (κ1) is 20.8. The number of hydrogen-bond donors (Lipinski definition) is 0. The summed E-state index contributed by atoms with van der Waals surface area (Å²) in [4.78, 5) is 18.2. The number of rotatable bonds is 3. The summed E-state index contributed by atoms with van der Waals surface area (Å²) in [6.07, 6.45) is 1.00. The van der Waals surface area contributed by atoms with Crippen molar-refractivity contribution < 1.29 is 18.3 Å². The lowest BCUT2D eigenvalue weighted by molar-refractivity contribution is -0.0916. The Balaban J connectivity index is 1.77. The zero-order chi connectivity index (χ0) is 22.8. The fourth-order valence-electron chi connectivity index (χ4n) is 4.91. The van der Waals surface area contributed by atoms with E-state index in [1.165, 1.54) is 0 Å². The van der Waals surface area contributed by atoms with Crippen molar-refractivity contribution in [2.45, 2.75) is 58.5 Å². The van der Waals surface area contributed by atoms with Gasteiger partial charge in [0.25, 0.3) is 5.56 Å². The van der Waals surface area contributed by atoms with Crippen LogP contribution in [0.1, 0.15) is 50.3 Å². The first-order valence-corrected chi connectivity index (χ1v) is 10.8. The third-order valence-electron chi connectivity index (χ3n) is 6.33. The second-order valence-electron chi connectivity index (χ2n) is 8.79. The highest BCUT2D eigenvalue weighted by atomic mass is 19.2. The minimum absolute atomic E-state index is 0.0723. The van der Waals surface area contributed by atoms with Crippen molar-refractivity contribution in [3.05, 3.63) is 75.3 Å². The van der Waals surface area contributed by atoms with Gasteiger partial charge in [0.1, 0.15) is 12.2 Å². The van der Waals surface area contributed by atoms with E-state index in [4.69, 9.17) is 9.47 Å². The van der Waals surface area contributed by atoms with Crippen LogP contribution in [0, 0.1) is 11.6 Å². The van der Waals surface area contributed by atoms with E-state index in [0.717, 1.165) is 23.3 Å². The summed E-state index contributed by atoms with van der Waals surface area (Å²) >= 11 is 0. The third kappa shape index (κ3) is 3.06. The Hall–Kier alpha value is -3.06. The second kappa shape index (κ2) is 7.24. The standard InChI is InChI=1S/C25H24F2N2O3/c1-5-25(32-13(2)3)10-14(4)31-12-17-18(25)8-22-23-16(11-29(22)24(17)30)6-15-7-19(26)20(27)9-21(15)28-23/h6-9,13H,4-5,10-12H2,1-3H3/t25-/m1/s1. The molecule has 1 atom stereocenters. The van der Waals surface area contributed by atoms with Gasteiger partial charge in [-0.05, 0) is 44.0 Å². The monoisotopic (exact) mass is 438 g/mol. The summed E-state index contributed by atoms with van der Waals surface area (Å²) in [6.45, 7) is 10.4. The highest BCUT2D eigenvalue weighted by molar-refractivity contribution is 5.84. The van der Waals surface area contributed by atoms with E-state index in [1.54, 1.807) is 10.6 Å². The minimum Gasteiger partial charge on any atom is -0.494 e. The molecule has 32 heavy (non-hydrogen) atoms. The molecule has 5 rings (SSSR count). The number of nitrogens with zero attached hydrogens (tertiary/aromatic N) is 2. The maximum atomic E-state index is 13.8. The molecule has 0 bridgehead atoms. The molecule has 4 heterocycles. The lowest BCUT2D eigenvalue weighted by Crippen LogP contribution is -2.36. The van der Waals surface area contributed by atoms with Crippen molar-refractivity contribution in [2.75, 3.05) is 0 Å². The lowest BCUT2D eigenvalue weighted by Gasteiger charge is -2.35. The molecule has 0 N–H and O–H groups in total. The van der Waals surface area contributed by atoms with Gasteiger partial charge < -0.3 is 14.0 Å². The minimum atomic E-state index is -0.951. The van der Waals surface area contributed by atoms with Gasteiger partial charge in [0, 0.05) is 23.4 Å². The Labute approximate surface area is 184 Å². The first-order valence-electron chi connectivity index (χ1n) is 10.8. The maximum absolute atomic E-state index is 13.8. The number of ether oxygens (including phenoxy) is 2. The lowest BCUT2D eigenvalue weighted by atomic mass is 9.84. The number of benzene rings is 1. The van der Waals surface area contributed by atoms with Gasteiger partial charge in [-0.25, -0.2) is 13.8 Å². The topological polar surface area (TPSA) is 53.4 Å². The van der Waals surface area contributed by atoms with Gasteiger partial charge in [0.15, 0.2) is 11.6 Å². The quantitative estimate of drug-likeness (QED) is 0.443. The van der Waals surface area contributed by atoms with Crippen LogP contribution in [-0.2, 0) is 28.2 Å². The molecule has 2 aliphatic rings. The fraction of sp³-hybridized carbons (Fsp3) is 0.360. The molecule has 0 saturated heterocycles. The van der Waals surface area contributed by atoms with Crippen molar-refractivity contribution in [1.82, 2.24) is 9.55 Å². The molecule has 7 heteroatoms. The van der Waals surface area contributed by atoms with Gasteiger partial charge in [0.05, 0.1) is 40.9 Å². The van der Waals surface area contributed by atoms with Crippen LogP contribution < -0.4 is 5.56 Å². The van der Waals surface area contributed by atoms with Gasteiger partial charge >= 0.3 is 0 Å². The number of pyridine rings is 2. The van der Waals surface area contributed by atoms with Crippen LogP contribution in [0.2, 0.25) is 0 Å². The van der Waals surface area contributed by atoms with Gasteiger partial charge in [-0.1, -0.05) is 13.5 Å². The Bertz CT molecular complexity index is 1350. The van der Waals surface area contributed by atoms with Gasteiger partial charge in [-0.15, -0.1) is 0 Å². The molecule has 0 fully saturated rings. The first-order chi connectivity index (χ1) is 15.2. The van der Waals surface area contributed by atoms with Crippen LogP contribution in [0.25, 0.3) is 22.3 Å². The van der Waals surface area contributed by atoms with Crippen LogP contribution in [0.4, 0.5) is 8.78 Å². The van der Waals surface area contributed by atoms with E-state index in [0.29, 0.717) is 53.0 Å². The second-order valence-corrected chi connectivity index (χ2v) is 8.79. The molecule has 1 aromatic carbocycles. The van der Waals surface area contributed by atoms with E-state index in [1.807, 2.05) is 26.8 Å². The Morgan fingerprint density at radius 2 is 2.00 bits per heavy atom. The molecule has 2 aromatic heterocycles. The molecule has 0 aliphatic carbocycles. The smallest absolute Gasteiger partial charge is 0.258 e. The average Bonchev–Trinajstić information content (AvgIpc) is 3.02. The molecule has 0 amide bonds. The van der Waals surface area contributed by atoms with Crippen molar-refractivity contribution >= 4 is 10.9 Å². The Morgan fingerprint density at radius 3 is 2.72 bits per heavy atom. The summed E-state index contributed by atoms with van der Waals surface area (Å²) < 4.78 is 41.4. The van der Waals surface area contributed by atoms with Crippen LogP contribution in [0.3, 0.4) is 0 Å². The maximum Gasteiger partial charge on any atom is 0.258 e. The molecule has 0 saturated carbocycles.